The average molecular weight is 363 g/mol. The number of aliphatic hydroxyl groups is 1. The number of hydrogen-bond acceptors (Lipinski definition) is 5. The van der Waals surface area contributed by atoms with Crippen molar-refractivity contribution in [1.29, 1.82) is 0 Å². The first kappa shape index (κ1) is 17.6. The van der Waals surface area contributed by atoms with Gasteiger partial charge in [0.15, 0.2) is 9.84 Å². The van der Waals surface area contributed by atoms with Crippen LogP contribution in [0.3, 0.4) is 0 Å². The summed E-state index contributed by atoms with van der Waals surface area (Å²) in [6.07, 6.45) is 0.595. The van der Waals surface area contributed by atoms with E-state index in [0.29, 0.717) is 25.2 Å². The maximum atomic E-state index is 12.5. The molecule has 7 nitrogen and oxygen atoms in total. The van der Waals surface area contributed by atoms with Crippen molar-refractivity contribution in [3.8, 4) is 0 Å². The zero-order valence-corrected chi connectivity index (χ0v) is 14.9. The van der Waals surface area contributed by atoms with Crippen LogP contribution in [0.5, 0.6) is 0 Å². The molecule has 0 unspecified atom stereocenters. The minimum absolute atomic E-state index is 0.0543. The second kappa shape index (κ2) is 6.97. The van der Waals surface area contributed by atoms with Gasteiger partial charge in [0, 0.05) is 44.2 Å². The monoisotopic (exact) mass is 363 g/mol. The lowest BCUT2D eigenvalue weighted by molar-refractivity contribution is -0.131. The van der Waals surface area contributed by atoms with Crippen molar-refractivity contribution < 1.29 is 18.3 Å². The topological polar surface area (TPSA) is 92.5 Å². The minimum atomic E-state index is -3.47. The van der Waals surface area contributed by atoms with Gasteiger partial charge in [0.25, 0.3) is 0 Å². The lowest BCUT2D eigenvalue weighted by Gasteiger charge is -2.27. The van der Waals surface area contributed by atoms with Gasteiger partial charge in [-0.25, -0.2) is 8.42 Å². The first-order valence-corrected chi connectivity index (χ1v) is 9.77. The van der Waals surface area contributed by atoms with Crippen LogP contribution < -0.4 is 0 Å². The second-order valence-electron chi connectivity index (χ2n) is 6.10. The Labute approximate surface area is 146 Å². The molecule has 1 N–H and O–H groups in total. The quantitative estimate of drug-likeness (QED) is 0.842. The number of aromatic nitrogens is 2. The van der Waals surface area contributed by atoms with E-state index in [4.69, 9.17) is 0 Å². The number of fused-ring (bicyclic) bond motifs is 1. The average Bonchev–Trinajstić information content (AvgIpc) is 2.96. The fourth-order valence-electron chi connectivity index (χ4n) is 3.14. The van der Waals surface area contributed by atoms with Crippen LogP contribution in [0.15, 0.2) is 35.2 Å². The number of carbonyl (C=O) groups is 1. The molecule has 0 bridgehead atoms. The van der Waals surface area contributed by atoms with Gasteiger partial charge in [0.2, 0.25) is 5.91 Å². The van der Waals surface area contributed by atoms with Crippen molar-refractivity contribution >= 4 is 15.7 Å². The minimum Gasteiger partial charge on any atom is -0.390 e. The Morgan fingerprint density at radius 1 is 1.28 bits per heavy atom. The zero-order valence-electron chi connectivity index (χ0n) is 14.1. The first-order valence-electron chi connectivity index (χ1n) is 8.12. The molecule has 1 aromatic heterocycles. The van der Waals surface area contributed by atoms with Gasteiger partial charge >= 0.3 is 0 Å². The maximum Gasteiger partial charge on any atom is 0.223 e. The van der Waals surface area contributed by atoms with Crippen LogP contribution in [-0.2, 0) is 41.3 Å². The van der Waals surface area contributed by atoms with Gasteiger partial charge in [-0.05, 0) is 12.1 Å². The standard InChI is InChI=1S/C17H21N3O4S/c1-19-16-7-9-20(11-14(16)15(12-21)18-19)17(22)8-10-25(23,24)13-5-3-2-4-6-13/h2-6,21H,7-12H2,1H3. The summed E-state index contributed by atoms with van der Waals surface area (Å²) in [5.41, 5.74) is 2.47. The van der Waals surface area contributed by atoms with Crippen molar-refractivity contribution in [2.45, 2.75) is 30.9 Å². The highest BCUT2D eigenvalue weighted by Gasteiger charge is 2.27. The molecule has 1 aromatic carbocycles. The van der Waals surface area contributed by atoms with Crippen molar-refractivity contribution in [3.05, 3.63) is 47.3 Å². The lowest BCUT2D eigenvalue weighted by atomic mass is 10.1. The third-order valence-corrected chi connectivity index (χ3v) is 6.25. The Hall–Kier alpha value is -2.19. The molecule has 0 radical (unpaired) electrons. The molecule has 25 heavy (non-hydrogen) atoms. The molecule has 1 amide bonds. The van der Waals surface area contributed by atoms with Gasteiger partial charge in [-0.2, -0.15) is 5.10 Å². The molecular weight excluding hydrogens is 342 g/mol. The Morgan fingerprint density at radius 2 is 2.00 bits per heavy atom. The van der Waals surface area contributed by atoms with E-state index in [2.05, 4.69) is 5.10 Å². The highest BCUT2D eigenvalue weighted by molar-refractivity contribution is 7.91. The van der Waals surface area contributed by atoms with Gasteiger partial charge in [-0.1, -0.05) is 18.2 Å². The molecule has 0 spiro atoms. The third kappa shape index (κ3) is 3.59. The fourth-order valence-corrected chi connectivity index (χ4v) is 4.39. The predicted octanol–water partition coefficient (Wildman–Crippen LogP) is 0.661. The number of amides is 1. The summed E-state index contributed by atoms with van der Waals surface area (Å²) in [6.45, 7) is 0.721. The molecule has 0 aliphatic carbocycles. The molecule has 0 saturated heterocycles. The normalized spacial score (nSPS) is 14.4. The van der Waals surface area contributed by atoms with Gasteiger partial charge in [-0.3, -0.25) is 9.48 Å². The number of hydrogen-bond donors (Lipinski definition) is 1. The molecule has 3 rings (SSSR count). The van der Waals surface area contributed by atoms with Crippen molar-refractivity contribution in [1.82, 2.24) is 14.7 Å². The van der Waals surface area contributed by atoms with E-state index >= 15 is 0 Å². The molecular formula is C17H21N3O4S. The summed E-state index contributed by atoms with van der Waals surface area (Å²) < 4.78 is 26.3. The molecule has 1 aliphatic rings. The summed E-state index contributed by atoms with van der Waals surface area (Å²) in [5, 5.41) is 13.7. The third-order valence-electron chi connectivity index (χ3n) is 4.51. The zero-order chi connectivity index (χ0) is 18.0. The number of nitrogens with zero attached hydrogens (tertiary/aromatic N) is 3. The van der Waals surface area contributed by atoms with Crippen LogP contribution in [0, 0.1) is 0 Å². The number of benzene rings is 1. The fraction of sp³-hybridized carbons (Fsp3) is 0.412. The number of aryl methyl sites for hydroxylation is 1. The molecule has 8 heteroatoms. The van der Waals surface area contributed by atoms with Gasteiger partial charge in [-0.15, -0.1) is 0 Å². The van der Waals surface area contributed by atoms with E-state index in [9.17, 15) is 18.3 Å². The van der Waals surface area contributed by atoms with Crippen molar-refractivity contribution in [2.24, 2.45) is 7.05 Å². The van der Waals surface area contributed by atoms with E-state index in [-0.39, 0.29) is 29.6 Å². The molecule has 0 atom stereocenters. The molecule has 0 fully saturated rings. The highest BCUT2D eigenvalue weighted by Crippen LogP contribution is 2.23. The molecule has 2 aromatic rings. The summed E-state index contributed by atoms with van der Waals surface area (Å²) in [4.78, 5) is 14.3. The van der Waals surface area contributed by atoms with Crippen LogP contribution in [0.4, 0.5) is 0 Å². The van der Waals surface area contributed by atoms with E-state index in [0.717, 1.165) is 11.3 Å². The Bertz CT molecular complexity index is 875. The molecule has 134 valence electrons. The van der Waals surface area contributed by atoms with Gasteiger partial charge in [0.1, 0.15) is 0 Å². The lowest BCUT2D eigenvalue weighted by Crippen LogP contribution is -2.37. The Kier molecular flexibility index (Phi) is 4.91. The van der Waals surface area contributed by atoms with Crippen LogP contribution in [-0.4, -0.2) is 46.4 Å². The van der Waals surface area contributed by atoms with Crippen molar-refractivity contribution in [3.63, 3.8) is 0 Å². The smallest absolute Gasteiger partial charge is 0.223 e. The van der Waals surface area contributed by atoms with E-state index in [1.807, 2.05) is 7.05 Å². The largest absolute Gasteiger partial charge is 0.390 e. The SMILES string of the molecule is Cn1nc(CO)c2c1CCN(C(=O)CCS(=O)(=O)c1ccccc1)C2. The number of rotatable bonds is 5. The van der Waals surface area contributed by atoms with E-state index in [1.54, 1.807) is 27.8 Å². The molecule has 2 heterocycles. The number of aliphatic hydroxyl groups excluding tert-OH is 1. The van der Waals surface area contributed by atoms with E-state index < -0.39 is 9.84 Å². The molecule has 0 saturated carbocycles. The summed E-state index contributed by atoms with van der Waals surface area (Å²) in [7, 11) is -1.65. The highest BCUT2D eigenvalue weighted by atomic mass is 32.2. The second-order valence-corrected chi connectivity index (χ2v) is 8.21. The first-order chi connectivity index (χ1) is 11.9. The Morgan fingerprint density at radius 3 is 2.68 bits per heavy atom. The van der Waals surface area contributed by atoms with Crippen LogP contribution in [0.2, 0.25) is 0 Å². The van der Waals surface area contributed by atoms with Crippen LogP contribution in [0.25, 0.3) is 0 Å². The maximum absolute atomic E-state index is 12.5. The van der Waals surface area contributed by atoms with Gasteiger partial charge in [0.05, 0.1) is 22.9 Å². The molecule has 1 aliphatic heterocycles. The predicted molar refractivity (Wildman–Crippen MR) is 91.4 cm³/mol. The van der Waals surface area contributed by atoms with Crippen LogP contribution >= 0.6 is 0 Å². The number of carbonyl (C=O) groups excluding carboxylic acids is 1. The number of sulfone groups is 1. The van der Waals surface area contributed by atoms with Gasteiger partial charge < -0.3 is 10.0 Å². The summed E-state index contributed by atoms with van der Waals surface area (Å²) >= 11 is 0. The Balaban J connectivity index is 1.67. The summed E-state index contributed by atoms with van der Waals surface area (Å²) in [6, 6.07) is 8.16. The summed E-state index contributed by atoms with van der Waals surface area (Å²) in [5.74, 6) is -0.406. The van der Waals surface area contributed by atoms with Crippen molar-refractivity contribution in [2.75, 3.05) is 12.3 Å². The van der Waals surface area contributed by atoms with Crippen LogP contribution in [0.1, 0.15) is 23.4 Å². The van der Waals surface area contributed by atoms with E-state index in [1.165, 1.54) is 12.1 Å².